The molecule has 0 radical (unpaired) electrons. The molecule has 0 spiro atoms. The van der Waals surface area contributed by atoms with Gasteiger partial charge in [-0.1, -0.05) is 114 Å². The van der Waals surface area contributed by atoms with Crippen molar-refractivity contribution in [1.29, 1.82) is 0 Å². The first kappa shape index (κ1) is 31.7. The molecule has 3 aliphatic heterocycles. The molecule has 0 atom stereocenters. The lowest BCUT2D eigenvalue weighted by atomic mass is 9.44. The van der Waals surface area contributed by atoms with E-state index in [4.69, 9.17) is 8.83 Å². The van der Waals surface area contributed by atoms with Crippen molar-refractivity contribution in [3.05, 3.63) is 137 Å². The Balaban J connectivity index is 1.29. The summed E-state index contributed by atoms with van der Waals surface area (Å²) >= 11 is 0. The summed E-state index contributed by atoms with van der Waals surface area (Å²) < 4.78 is 14.4. The summed E-state index contributed by atoms with van der Waals surface area (Å²) in [5.41, 5.74) is 20.1. The van der Waals surface area contributed by atoms with Crippen molar-refractivity contribution in [2.45, 2.75) is 77.6 Å². The van der Waals surface area contributed by atoms with E-state index in [1.165, 1.54) is 67.9 Å². The van der Waals surface area contributed by atoms with Gasteiger partial charge in [-0.15, -0.1) is 0 Å². The lowest BCUT2D eigenvalue weighted by molar-refractivity contribution is 0.332. The molecule has 4 aliphatic rings. The number of para-hydroxylation sites is 4. The van der Waals surface area contributed by atoms with Crippen LogP contribution in [-0.4, -0.2) is 6.85 Å². The Kier molecular flexibility index (Phi) is 5.83. The summed E-state index contributed by atoms with van der Waals surface area (Å²) in [7, 11) is 0. The molecule has 55 heavy (non-hydrogen) atoms. The van der Waals surface area contributed by atoms with Gasteiger partial charge in [0.25, 0.3) is 0 Å². The van der Waals surface area contributed by atoms with Gasteiger partial charge in [-0.05, 0) is 106 Å². The first-order chi connectivity index (χ1) is 26.5. The highest BCUT2D eigenvalue weighted by atomic mass is 16.3. The molecule has 4 nitrogen and oxygen atoms in total. The molecular weight excluding hydrogens is 671 g/mol. The maximum Gasteiger partial charge on any atom is 0.376 e. The summed E-state index contributed by atoms with van der Waals surface area (Å²) in [6.07, 6.45) is 2.32. The van der Waals surface area contributed by atoms with Crippen LogP contribution in [0.3, 0.4) is 0 Å². The van der Waals surface area contributed by atoms with Crippen molar-refractivity contribution in [2.24, 2.45) is 0 Å². The minimum atomic E-state index is -0.222. The molecule has 1 aliphatic carbocycles. The molecule has 0 unspecified atom stereocenters. The molecule has 0 amide bonds. The van der Waals surface area contributed by atoms with Crippen molar-refractivity contribution in [1.82, 2.24) is 0 Å². The van der Waals surface area contributed by atoms with Gasteiger partial charge in [-0.3, -0.25) is 0 Å². The van der Waals surface area contributed by atoms with Crippen molar-refractivity contribution in [3.8, 4) is 11.1 Å². The molecule has 6 aromatic carbocycles. The number of nitrogens with zero attached hydrogens (tertiary/aromatic N) is 2. The first-order valence-electron chi connectivity index (χ1n) is 19.9. The van der Waals surface area contributed by atoms with E-state index in [1.807, 2.05) is 0 Å². The monoisotopic (exact) mass is 714 g/mol. The van der Waals surface area contributed by atoms with E-state index >= 15 is 0 Å². The average molecular weight is 715 g/mol. The van der Waals surface area contributed by atoms with E-state index < -0.39 is 0 Å². The predicted molar refractivity (Wildman–Crippen MR) is 229 cm³/mol. The normalized spacial score (nSPS) is 17.9. The third-order valence-electron chi connectivity index (χ3n) is 14.0. The second-order valence-corrected chi connectivity index (χ2v) is 18.4. The van der Waals surface area contributed by atoms with E-state index in [1.54, 1.807) is 0 Å². The van der Waals surface area contributed by atoms with Gasteiger partial charge in [0, 0.05) is 44.2 Å². The molecule has 268 valence electrons. The highest BCUT2D eigenvalue weighted by Crippen LogP contribution is 2.58. The molecule has 0 N–H and O–H groups in total. The van der Waals surface area contributed by atoms with Crippen LogP contribution >= 0.6 is 0 Å². The quantitative estimate of drug-likeness (QED) is 0.159. The summed E-state index contributed by atoms with van der Waals surface area (Å²) in [6, 6.07) is 40.6. The molecule has 8 aromatic rings. The number of rotatable bonds is 1. The third-order valence-corrected chi connectivity index (χ3v) is 14.0. The third kappa shape index (κ3) is 3.84. The molecule has 0 fully saturated rings. The summed E-state index contributed by atoms with van der Waals surface area (Å²) in [5, 5.41) is 3.39. The number of furan rings is 2. The van der Waals surface area contributed by atoms with Gasteiger partial charge in [0.1, 0.15) is 16.8 Å². The van der Waals surface area contributed by atoms with E-state index in [0.717, 1.165) is 56.4 Å². The summed E-state index contributed by atoms with van der Waals surface area (Å²) in [5.74, 6) is 0. The van der Waals surface area contributed by atoms with E-state index in [-0.39, 0.29) is 23.1 Å². The van der Waals surface area contributed by atoms with Crippen molar-refractivity contribution in [2.75, 3.05) is 9.71 Å². The van der Waals surface area contributed by atoms with Crippen LogP contribution in [0.2, 0.25) is 0 Å². The first-order valence-corrected chi connectivity index (χ1v) is 19.9. The smallest absolute Gasteiger partial charge is 0.376 e. The van der Waals surface area contributed by atoms with Gasteiger partial charge >= 0.3 is 6.85 Å². The number of hydrogen-bond donors (Lipinski definition) is 0. The number of fused-ring (bicyclic) bond motifs is 13. The predicted octanol–water partition coefficient (Wildman–Crippen LogP) is 12.3. The molecular formula is C50H43BN2O2. The fourth-order valence-electron chi connectivity index (χ4n) is 11.0. The van der Waals surface area contributed by atoms with Gasteiger partial charge < -0.3 is 18.5 Å². The molecule has 2 aromatic heterocycles. The average Bonchev–Trinajstić information content (AvgIpc) is 3.75. The lowest BCUT2D eigenvalue weighted by Gasteiger charge is -2.50. The highest BCUT2D eigenvalue weighted by Gasteiger charge is 2.53. The van der Waals surface area contributed by atoms with E-state index in [0.29, 0.717) is 0 Å². The minimum Gasteiger partial charge on any atom is -0.466 e. The Morgan fingerprint density at radius 3 is 1.98 bits per heavy atom. The number of benzene rings is 6. The van der Waals surface area contributed by atoms with Gasteiger partial charge in [0.05, 0.1) is 11.4 Å². The van der Waals surface area contributed by atoms with Crippen molar-refractivity contribution < 1.29 is 8.83 Å². The zero-order valence-electron chi connectivity index (χ0n) is 32.6. The zero-order valence-corrected chi connectivity index (χ0v) is 32.6. The molecule has 0 bridgehead atoms. The Hall–Kier alpha value is -5.68. The Labute approximate surface area is 322 Å². The standard InChI is InChI=1S/C50H43BN2O2/c1-28-25-36-37(49(4,5)24-23-48(36,2)3)27-39(28)52-44-31-16-9-13-22-41(31)55-47(44)51-42-32(26-33-29-15-8-12-21-40(29)54-46(33)45(42)52)30-17-14-19-35-43(30)53(51)38-20-11-10-18-34(38)50(35,6)7/h8-22,25-27H,23-24H2,1-7H3. The van der Waals surface area contributed by atoms with Crippen LogP contribution in [0.25, 0.3) is 44.0 Å². The fraction of sp³-hybridized carbons (Fsp3) is 0.240. The van der Waals surface area contributed by atoms with Crippen LogP contribution in [-0.2, 0) is 16.2 Å². The largest absolute Gasteiger partial charge is 0.466 e. The number of aryl methyl sites for hydroxylation is 1. The van der Waals surface area contributed by atoms with Crippen LogP contribution in [0.15, 0.2) is 118 Å². The topological polar surface area (TPSA) is 32.8 Å². The van der Waals surface area contributed by atoms with Crippen LogP contribution < -0.4 is 20.8 Å². The molecule has 12 rings (SSSR count). The van der Waals surface area contributed by atoms with Crippen LogP contribution in [0.1, 0.15) is 82.2 Å². The Morgan fingerprint density at radius 1 is 0.545 bits per heavy atom. The second kappa shape index (κ2) is 10.1. The zero-order chi connectivity index (χ0) is 37.3. The molecule has 5 heteroatoms. The van der Waals surface area contributed by atoms with Gasteiger partial charge in [-0.2, -0.15) is 0 Å². The summed E-state index contributed by atoms with van der Waals surface area (Å²) in [6.45, 7) is 16.5. The fourth-order valence-corrected chi connectivity index (χ4v) is 11.0. The van der Waals surface area contributed by atoms with Gasteiger partial charge in [0.15, 0.2) is 5.58 Å². The Bertz CT molecular complexity index is 3010. The van der Waals surface area contributed by atoms with E-state index in [9.17, 15) is 0 Å². The maximum atomic E-state index is 7.25. The Morgan fingerprint density at radius 2 is 1.20 bits per heavy atom. The summed E-state index contributed by atoms with van der Waals surface area (Å²) in [4.78, 5) is 5.15. The second-order valence-electron chi connectivity index (χ2n) is 18.4. The van der Waals surface area contributed by atoms with Gasteiger partial charge in [0.2, 0.25) is 0 Å². The van der Waals surface area contributed by atoms with Crippen LogP contribution in [0.5, 0.6) is 0 Å². The number of hydrogen-bond acceptors (Lipinski definition) is 4. The molecule has 5 heterocycles. The van der Waals surface area contributed by atoms with Crippen molar-refractivity contribution in [3.63, 3.8) is 0 Å². The SMILES string of the molecule is Cc1cc2c(cc1N1c3c(oc4ccccc34)B3c4c(cc5c(oc6ccccc65)c41)-c1cccc4c1N3c1ccccc1C4(C)C)C(C)(C)CCC2(C)C. The highest BCUT2D eigenvalue weighted by molar-refractivity contribution is 6.93. The lowest BCUT2D eigenvalue weighted by Crippen LogP contribution is -2.62. The maximum absolute atomic E-state index is 7.25. The van der Waals surface area contributed by atoms with Crippen molar-refractivity contribution >= 4 is 79.3 Å². The van der Waals surface area contributed by atoms with E-state index in [2.05, 4.69) is 167 Å². The minimum absolute atomic E-state index is 0.0391. The molecule has 0 saturated carbocycles. The molecule has 0 saturated heterocycles. The van der Waals surface area contributed by atoms with Gasteiger partial charge in [-0.25, -0.2) is 0 Å². The van der Waals surface area contributed by atoms with Crippen LogP contribution in [0.4, 0.5) is 28.4 Å². The number of anilines is 5. The van der Waals surface area contributed by atoms with Crippen LogP contribution in [0, 0.1) is 6.92 Å².